The van der Waals surface area contributed by atoms with E-state index in [1.54, 1.807) is 12.4 Å². The van der Waals surface area contributed by atoms with Crippen molar-refractivity contribution >= 4 is 22.6 Å². The van der Waals surface area contributed by atoms with Crippen molar-refractivity contribution in [2.45, 2.75) is 18.4 Å². The maximum absolute atomic E-state index is 4.34. The molecule has 0 aliphatic heterocycles. The van der Waals surface area contributed by atoms with Crippen LogP contribution in [-0.4, -0.2) is 25.0 Å². The van der Waals surface area contributed by atoms with Crippen LogP contribution in [0, 0.1) is 3.70 Å². The monoisotopic (exact) mass is 313 g/mol. The van der Waals surface area contributed by atoms with Gasteiger partial charge < -0.3 is 0 Å². The van der Waals surface area contributed by atoms with Crippen LogP contribution < -0.4 is 0 Å². The second-order valence-corrected chi connectivity index (χ2v) is 4.71. The number of hydrogen-bond donors (Lipinski definition) is 0. The minimum absolute atomic E-state index is 0.0787. The van der Waals surface area contributed by atoms with Gasteiger partial charge in [-0.3, -0.25) is 9.97 Å². The van der Waals surface area contributed by atoms with Gasteiger partial charge in [0.15, 0.2) is 0 Å². The third-order valence-electron chi connectivity index (χ3n) is 2.67. The molecule has 3 rings (SSSR count). The summed E-state index contributed by atoms with van der Waals surface area (Å²) in [5.41, 5.74) is 0.899. The summed E-state index contributed by atoms with van der Waals surface area (Å²) in [6.45, 7) is 0. The molecule has 0 bridgehead atoms. The van der Waals surface area contributed by atoms with Crippen molar-refractivity contribution < 1.29 is 0 Å². The molecule has 0 aromatic carbocycles. The molecule has 0 unspecified atom stereocenters. The van der Waals surface area contributed by atoms with E-state index in [1.807, 2.05) is 17.1 Å². The van der Waals surface area contributed by atoms with Crippen molar-refractivity contribution in [2.75, 3.05) is 0 Å². The summed E-state index contributed by atoms with van der Waals surface area (Å²) >= 11 is 2.16. The van der Waals surface area contributed by atoms with E-state index in [-0.39, 0.29) is 5.54 Å². The molecule has 2 heterocycles. The Morgan fingerprint density at radius 2 is 2.20 bits per heavy atom. The van der Waals surface area contributed by atoms with Crippen molar-refractivity contribution in [3.05, 3.63) is 34.2 Å². The average molecular weight is 313 g/mol. The highest BCUT2D eigenvalue weighted by Gasteiger charge is 2.49. The molecular weight excluding hydrogens is 305 g/mol. The van der Waals surface area contributed by atoms with E-state index in [0.717, 1.165) is 22.2 Å². The molecule has 1 aliphatic carbocycles. The van der Waals surface area contributed by atoms with E-state index in [9.17, 15) is 0 Å². The first kappa shape index (κ1) is 9.20. The molecule has 6 heteroatoms. The average Bonchev–Trinajstić information content (AvgIpc) is 2.98. The van der Waals surface area contributed by atoms with E-state index in [0.29, 0.717) is 0 Å². The van der Waals surface area contributed by atoms with Gasteiger partial charge in [-0.05, 0) is 35.4 Å². The van der Waals surface area contributed by atoms with Crippen LogP contribution in [0.3, 0.4) is 0 Å². The minimum Gasteiger partial charge on any atom is -0.261 e. The predicted molar refractivity (Wildman–Crippen MR) is 61.1 cm³/mol. The summed E-state index contributed by atoms with van der Waals surface area (Å²) in [6, 6.07) is 0. The summed E-state index contributed by atoms with van der Waals surface area (Å²) in [6.07, 6.45) is 9.28. The second kappa shape index (κ2) is 3.22. The van der Waals surface area contributed by atoms with Gasteiger partial charge in [0.2, 0.25) is 0 Å². The number of rotatable bonds is 2. The van der Waals surface area contributed by atoms with Crippen LogP contribution in [0.1, 0.15) is 18.5 Å². The molecule has 0 atom stereocenters. The summed E-state index contributed by atoms with van der Waals surface area (Å²) < 4.78 is 2.81. The molecule has 76 valence electrons. The maximum Gasteiger partial charge on any atom is 0.143 e. The SMILES string of the molecule is Ic1cn(C2(c3cnccn3)CC2)nn1. The van der Waals surface area contributed by atoms with Gasteiger partial charge in [-0.25, -0.2) is 4.68 Å². The largest absolute Gasteiger partial charge is 0.261 e. The van der Waals surface area contributed by atoms with Gasteiger partial charge in [-0.1, -0.05) is 5.21 Å². The Bertz CT molecular complexity index is 476. The Morgan fingerprint density at radius 1 is 1.33 bits per heavy atom. The fourth-order valence-corrected chi connectivity index (χ4v) is 2.07. The molecule has 1 aliphatic rings. The van der Waals surface area contributed by atoms with Crippen molar-refractivity contribution in [2.24, 2.45) is 0 Å². The maximum atomic E-state index is 4.34. The number of hydrogen-bond acceptors (Lipinski definition) is 4. The second-order valence-electron chi connectivity index (χ2n) is 3.61. The highest BCUT2D eigenvalue weighted by Crippen LogP contribution is 2.47. The molecule has 0 spiro atoms. The summed E-state index contributed by atoms with van der Waals surface area (Å²) in [5.74, 6) is 0. The lowest BCUT2D eigenvalue weighted by Crippen LogP contribution is -2.21. The lowest BCUT2D eigenvalue weighted by atomic mass is 10.2. The van der Waals surface area contributed by atoms with Crippen LogP contribution in [0.25, 0.3) is 0 Å². The van der Waals surface area contributed by atoms with Crippen molar-refractivity contribution in [3.63, 3.8) is 0 Å². The van der Waals surface area contributed by atoms with Crippen LogP contribution in [0.4, 0.5) is 0 Å². The first-order valence-corrected chi connectivity index (χ1v) is 5.74. The lowest BCUT2D eigenvalue weighted by molar-refractivity contribution is 0.477. The van der Waals surface area contributed by atoms with Gasteiger partial charge in [-0.15, -0.1) is 5.10 Å². The van der Waals surface area contributed by atoms with Crippen molar-refractivity contribution in [1.29, 1.82) is 0 Å². The number of halogens is 1. The van der Waals surface area contributed by atoms with E-state index in [2.05, 4.69) is 42.9 Å². The Balaban J connectivity index is 2.05. The van der Waals surface area contributed by atoms with Crippen molar-refractivity contribution in [1.82, 2.24) is 25.0 Å². The zero-order chi connectivity index (χ0) is 10.3. The molecule has 15 heavy (non-hydrogen) atoms. The zero-order valence-electron chi connectivity index (χ0n) is 7.84. The number of nitrogens with zero attached hydrogens (tertiary/aromatic N) is 5. The normalized spacial score (nSPS) is 17.7. The summed E-state index contributed by atoms with van der Waals surface area (Å²) in [5, 5.41) is 8.12. The Hall–Kier alpha value is -1.05. The summed E-state index contributed by atoms with van der Waals surface area (Å²) in [4.78, 5) is 8.44. The molecule has 5 nitrogen and oxygen atoms in total. The highest BCUT2D eigenvalue weighted by atomic mass is 127. The molecule has 2 aromatic rings. The Morgan fingerprint density at radius 3 is 2.73 bits per heavy atom. The van der Waals surface area contributed by atoms with Crippen LogP contribution in [0.15, 0.2) is 24.8 Å². The molecule has 0 saturated heterocycles. The third-order valence-corrected chi connectivity index (χ3v) is 3.16. The van der Waals surface area contributed by atoms with Crippen molar-refractivity contribution in [3.8, 4) is 0 Å². The van der Waals surface area contributed by atoms with Crippen LogP contribution in [-0.2, 0) is 5.54 Å². The van der Waals surface area contributed by atoms with Gasteiger partial charge in [0, 0.05) is 12.4 Å². The van der Waals surface area contributed by atoms with Gasteiger partial charge >= 0.3 is 0 Å². The molecular formula is C9H8IN5. The van der Waals surface area contributed by atoms with E-state index in [1.165, 1.54) is 0 Å². The first-order valence-electron chi connectivity index (χ1n) is 4.66. The Kier molecular flexibility index (Phi) is 1.98. The third kappa shape index (κ3) is 1.43. The quantitative estimate of drug-likeness (QED) is 0.782. The van der Waals surface area contributed by atoms with Gasteiger partial charge in [0.1, 0.15) is 9.24 Å². The molecule has 0 amide bonds. The lowest BCUT2D eigenvalue weighted by Gasteiger charge is -2.13. The van der Waals surface area contributed by atoms with Crippen LogP contribution in [0.2, 0.25) is 0 Å². The standard InChI is InChI=1S/C9H8IN5/c10-8-6-15(14-13-8)9(1-2-9)7-5-11-3-4-12-7/h3-6H,1-2H2. The van der Waals surface area contributed by atoms with E-state index < -0.39 is 0 Å². The van der Waals surface area contributed by atoms with E-state index in [4.69, 9.17) is 0 Å². The fraction of sp³-hybridized carbons (Fsp3) is 0.333. The van der Waals surface area contributed by atoms with Gasteiger partial charge in [0.05, 0.1) is 18.1 Å². The van der Waals surface area contributed by atoms with Crippen LogP contribution >= 0.6 is 22.6 Å². The van der Waals surface area contributed by atoms with Gasteiger partial charge in [-0.2, -0.15) is 0 Å². The number of aromatic nitrogens is 5. The molecule has 0 radical (unpaired) electrons. The predicted octanol–water partition coefficient (Wildman–Crippen LogP) is 1.21. The zero-order valence-corrected chi connectivity index (χ0v) is 10.00. The Labute approximate surface area is 100 Å². The van der Waals surface area contributed by atoms with Gasteiger partial charge in [0.25, 0.3) is 0 Å². The molecule has 2 aromatic heterocycles. The topological polar surface area (TPSA) is 56.5 Å². The van der Waals surface area contributed by atoms with Crippen LogP contribution in [0.5, 0.6) is 0 Å². The fourth-order valence-electron chi connectivity index (χ4n) is 1.71. The molecule has 1 fully saturated rings. The molecule has 0 N–H and O–H groups in total. The summed E-state index contributed by atoms with van der Waals surface area (Å²) in [7, 11) is 0. The first-order chi connectivity index (χ1) is 7.31. The highest BCUT2D eigenvalue weighted by molar-refractivity contribution is 14.1. The molecule has 1 saturated carbocycles. The smallest absolute Gasteiger partial charge is 0.143 e. The van der Waals surface area contributed by atoms with E-state index >= 15 is 0 Å². The minimum atomic E-state index is -0.0787.